The minimum absolute atomic E-state index is 0.712. The second-order valence-corrected chi connectivity index (χ2v) is 7.60. The first-order valence-corrected chi connectivity index (χ1v) is 9.31. The van der Waals surface area contributed by atoms with E-state index in [1.165, 1.54) is 47.6 Å². The maximum absolute atomic E-state index is 4.79. The Morgan fingerprint density at radius 2 is 2.00 bits per heavy atom. The number of aryl methyl sites for hydroxylation is 1. The zero-order valence-electron chi connectivity index (χ0n) is 12.0. The van der Waals surface area contributed by atoms with Gasteiger partial charge in [-0.3, -0.25) is 0 Å². The van der Waals surface area contributed by atoms with E-state index in [0.29, 0.717) is 5.92 Å². The predicted molar refractivity (Wildman–Crippen MR) is 89.0 cm³/mol. The zero-order valence-corrected chi connectivity index (χ0v) is 13.7. The van der Waals surface area contributed by atoms with E-state index in [9.17, 15) is 0 Å². The molecule has 1 aliphatic carbocycles. The van der Waals surface area contributed by atoms with E-state index in [-0.39, 0.29) is 0 Å². The molecule has 2 aromatic heterocycles. The SMILES string of the molecule is CCc1ccc(CNc2nc(C3CCCCC3)cs2)s1. The maximum atomic E-state index is 4.79. The first-order chi connectivity index (χ1) is 9.85. The Labute approximate surface area is 129 Å². The number of thiazole rings is 1. The highest BCUT2D eigenvalue weighted by Crippen LogP contribution is 2.34. The van der Waals surface area contributed by atoms with Crippen LogP contribution in [0.15, 0.2) is 17.5 Å². The Bertz CT molecular complexity index is 538. The molecule has 0 atom stereocenters. The van der Waals surface area contributed by atoms with E-state index >= 15 is 0 Å². The van der Waals surface area contributed by atoms with Crippen LogP contribution in [0, 0.1) is 0 Å². The zero-order chi connectivity index (χ0) is 13.8. The maximum Gasteiger partial charge on any atom is 0.183 e. The van der Waals surface area contributed by atoms with Crippen molar-refractivity contribution in [1.29, 1.82) is 0 Å². The van der Waals surface area contributed by atoms with Gasteiger partial charge in [0.1, 0.15) is 0 Å². The van der Waals surface area contributed by atoms with Crippen LogP contribution in [0.2, 0.25) is 0 Å². The summed E-state index contributed by atoms with van der Waals surface area (Å²) in [7, 11) is 0. The first kappa shape index (κ1) is 14.1. The van der Waals surface area contributed by atoms with Crippen LogP contribution in [0.5, 0.6) is 0 Å². The number of nitrogens with zero attached hydrogens (tertiary/aromatic N) is 1. The molecule has 0 bridgehead atoms. The van der Waals surface area contributed by atoms with Crippen molar-refractivity contribution in [2.45, 2.75) is 57.9 Å². The van der Waals surface area contributed by atoms with E-state index in [1.807, 2.05) is 11.3 Å². The molecular formula is C16H22N2S2. The molecule has 0 radical (unpaired) electrons. The number of thiophene rings is 1. The Kier molecular flexibility index (Phi) is 4.73. The summed E-state index contributed by atoms with van der Waals surface area (Å²) < 4.78 is 0. The monoisotopic (exact) mass is 306 g/mol. The van der Waals surface area contributed by atoms with Crippen LogP contribution in [0.25, 0.3) is 0 Å². The Morgan fingerprint density at radius 1 is 1.20 bits per heavy atom. The highest BCUT2D eigenvalue weighted by molar-refractivity contribution is 7.14. The molecule has 3 rings (SSSR count). The Morgan fingerprint density at radius 3 is 2.75 bits per heavy atom. The van der Waals surface area contributed by atoms with Gasteiger partial charge in [-0.1, -0.05) is 26.2 Å². The summed E-state index contributed by atoms with van der Waals surface area (Å²) in [4.78, 5) is 7.65. The fourth-order valence-corrected chi connectivity index (χ4v) is 4.51. The van der Waals surface area contributed by atoms with Gasteiger partial charge in [0.15, 0.2) is 5.13 Å². The Hall–Kier alpha value is -0.870. The van der Waals surface area contributed by atoms with Gasteiger partial charge >= 0.3 is 0 Å². The van der Waals surface area contributed by atoms with Crippen LogP contribution in [-0.4, -0.2) is 4.98 Å². The van der Waals surface area contributed by atoms with Gasteiger partial charge in [-0.25, -0.2) is 4.98 Å². The molecule has 1 aliphatic rings. The molecule has 0 saturated heterocycles. The summed E-state index contributed by atoms with van der Waals surface area (Å²) in [5.74, 6) is 0.712. The van der Waals surface area contributed by atoms with Gasteiger partial charge in [-0.2, -0.15) is 0 Å². The van der Waals surface area contributed by atoms with Gasteiger partial charge in [-0.05, 0) is 31.4 Å². The highest BCUT2D eigenvalue weighted by Gasteiger charge is 2.18. The van der Waals surface area contributed by atoms with Crippen molar-refractivity contribution in [3.8, 4) is 0 Å². The lowest BCUT2D eigenvalue weighted by Crippen LogP contribution is -2.05. The molecule has 0 aliphatic heterocycles. The van der Waals surface area contributed by atoms with Crippen molar-refractivity contribution in [2.75, 3.05) is 5.32 Å². The summed E-state index contributed by atoms with van der Waals surface area (Å²) >= 11 is 3.66. The van der Waals surface area contributed by atoms with E-state index in [4.69, 9.17) is 4.98 Å². The molecule has 0 aromatic carbocycles. The normalized spacial score (nSPS) is 16.4. The van der Waals surface area contributed by atoms with E-state index in [1.54, 1.807) is 11.3 Å². The number of nitrogens with one attached hydrogen (secondary N) is 1. The number of aromatic nitrogens is 1. The number of hydrogen-bond donors (Lipinski definition) is 1. The van der Waals surface area contributed by atoms with Crippen LogP contribution >= 0.6 is 22.7 Å². The third kappa shape index (κ3) is 3.41. The van der Waals surface area contributed by atoms with Crippen molar-refractivity contribution < 1.29 is 0 Å². The summed E-state index contributed by atoms with van der Waals surface area (Å²) in [6.07, 6.45) is 7.94. The van der Waals surface area contributed by atoms with Crippen molar-refractivity contribution in [2.24, 2.45) is 0 Å². The summed E-state index contributed by atoms with van der Waals surface area (Å²) in [6.45, 7) is 3.11. The fourth-order valence-electron chi connectivity index (χ4n) is 2.82. The molecule has 2 nitrogen and oxygen atoms in total. The van der Waals surface area contributed by atoms with Crippen molar-refractivity contribution in [1.82, 2.24) is 4.98 Å². The molecule has 1 saturated carbocycles. The molecule has 0 spiro atoms. The average molecular weight is 306 g/mol. The average Bonchev–Trinajstić information content (AvgIpc) is 3.15. The summed E-state index contributed by atoms with van der Waals surface area (Å²) in [5, 5.41) is 6.81. The Balaban J connectivity index is 1.56. The van der Waals surface area contributed by atoms with Crippen molar-refractivity contribution in [3.63, 3.8) is 0 Å². The van der Waals surface area contributed by atoms with E-state index < -0.39 is 0 Å². The topological polar surface area (TPSA) is 24.9 Å². The summed E-state index contributed by atoms with van der Waals surface area (Å²) in [6, 6.07) is 4.46. The molecule has 1 N–H and O–H groups in total. The third-order valence-electron chi connectivity index (χ3n) is 4.03. The molecule has 0 unspecified atom stereocenters. The fraction of sp³-hybridized carbons (Fsp3) is 0.562. The number of hydrogen-bond acceptors (Lipinski definition) is 4. The van der Waals surface area contributed by atoms with Gasteiger partial charge < -0.3 is 5.32 Å². The lowest BCUT2D eigenvalue weighted by atomic mass is 9.87. The van der Waals surface area contributed by atoms with Crippen molar-refractivity contribution >= 4 is 27.8 Å². The van der Waals surface area contributed by atoms with Crippen LogP contribution in [0.4, 0.5) is 5.13 Å². The third-order valence-corrected chi connectivity index (χ3v) is 6.07. The molecule has 20 heavy (non-hydrogen) atoms. The standard InChI is InChI=1S/C16H22N2S2/c1-2-13-8-9-14(20-13)10-17-16-18-15(11-19-16)12-6-4-3-5-7-12/h8-9,11-12H,2-7,10H2,1H3,(H,17,18). The second kappa shape index (κ2) is 6.72. The highest BCUT2D eigenvalue weighted by atomic mass is 32.1. The van der Waals surface area contributed by atoms with Crippen LogP contribution in [-0.2, 0) is 13.0 Å². The molecule has 108 valence electrons. The van der Waals surface area contributed by atoms with Gasteiger partial charge in [0, 0.05) is 21.1 Å². The quantitative estimate of drug-likeness (QED) is 0.797. The van der Waals surface area contributed by atoms with E-state index in [2.05, 4.69) is 29.8 Å². The van der Waals surface area contributed by atoms with E-state index in [0.717, 1.165) is 18.1 Å². The summed E-state index contributed by atoms with van der Waals surface area (Å²) in [5.41, 5.74) is 1.32. The molecule has 2 heterocycles. The molecule has 4 heteroatoms. The number of anilines is 1. The van der Waals surface area contributed by atoms with Gasteiger partial charge in [-0.15, -0.1) is 22.7 Å². The van der Waals surface area contributed by atoms with Gasteiger partial charge in [0.05, 0.1) is 12.2 Å². The molecule has 0 amide bonds. The minimum atomic E-state index is 0.712. The van der Waals surface area contributed by atoms with Gasteiger partial charge in [0.25, 0.3) is 0 Å². The van der Waals surface area contributed by atoms with Crippen LogP contribution in [0.3, 0.4) is 0 Å². The molecular weight excluding hydrogens is 284 g/mol. The van der Waals surface area contributed by atoms with Crippen molar-refractivity contribution in [3.05, 3.63) is 33.0 Å². The lowest BCUT2D eigenvalue weighted by molar-refractivity contribution is 0.438. The second-order valence-electron chi connectivity index (χ2n) is 5.49. The van der Waals surface area contributed by atoms with Crippen LogP contribution in [0.1, 0.15) is 60.4 Å². The van der Waals surface area contributed by atoms with Crippen LogP contribution < -0.4 is 5.32 Å². The van der Waals surface area contributed by atoms with Gasteiger partial charge in [0.2, 0.25) is 0 Å². The minimum Gasteiger partial charge on any atom is -0.357 e. The predicted octanol–water partition coefficient (Wildman–Crippen LogP) is 5.43. The first-order valence-electron chi connectivity index (χ1n) is 7.62. The smallest absolute Gasteiger partial charge is 0.183 e. The molecule has 2 aromatic rings. The lowest BCUT2D eigenvalue weighted by Gasteiger charge is -2.19. The number of rotatable bonds is 5. The molecule has 1 fully saturated rings. The largest absolute Gasteiger partial charge is 0.357 e.